The normalized spacial score (nSPS) is 24.8. The maximum atomic E-state index is 3.64. The van der Waals surface area contributed by atoms with Gasteiger partial charge >= 0.3 is 0 Å². The quantitative estimate of drug-likeness (QED) is 0.858. The molecule has 0 aliphatic carbocycles. The zero-order valence-electron chi connectivity index (χ0n) is 10.5. The summed E-state index contributed by atoms with van der Waals surface area (Å²) in [5, 5.41) is 3.64. The minimum Gasteiger partial charge on any atom is -0.314 e. The van der Waals surface area contributed by atoms with Gasteiger partial charge in [-0.2, -0.15) is 0 Å². The number of nitrogens with zero attached hydrogens (tertiary/aromatic N) is 1. The number of rotatable bonds is 3. The molecule has 1 aromatic rings. The van der Waals surface area contributed by atoms with E-state index < -0.39 is 0 Å². The SMILES string of the molecule is c1ccc2c(c1)CN(CCC1CCCCN1)C2. The van der Waals surface area contributed by atoms with E-state index in [1.807, 2.05) is 0 Å². The van der Waals surface area contributed by atoms with Crippen LogP contribution in [0.2, 0.25) is 0 Å². The Labute approximate surface area is 104 Å². The van der Waals surface area contributed by atoms with Gasteiger partial charge in [-0.1, -0.05) is 30.7 Å². The molecule has 1 N–H and O–H groups in total. The Morgan fingerprint density at radius 1 is 1.12 bits per heavy atom. The van der Waals surface area contributed by atoms with E-state index in [-0.39, 0.29) is 0 Å². The fraction of sp³-hybridized carbons (Fsp3) is 0.600. The highest BCUT2D eigenvalue weighted by molar-refractivity contribution is 5.30. The highest BCUT2D eigenvalue weighted by atomic mass is 15.1. The number of nitrogens with one attached hydrogen (secondary N) is 1. The van der Waals surface area contributed by atoms with Gasteiger partial charge in [0.2, 0.25) is 0 Å². The molecule has 2 heteroatoms. The van der Waals surface area contributed by atoms with Gasteiger partial charge in [-0.25, -0.2) is 0 Å². The largest absolute Gasteiger partial charge is 0.314 e. The first kappa shape index (κ1) is 11.2. The van der Waals surface area contributed by atoms with E-state index in [0.29, 0.717) is 0 Å². The molecule has 0 saturated carbocycles. The highest BCUT2D eigenvalue weighted by Gasteiger charge is 2.19. The van der Waals surface area contributed by atoms with E-state index in [1.54, 1.807) is 0 Å². The lowest BCUT2D eigenvalue weighted by Crippen LogP contribution is -2.36. The molecule has 1 atom stereocenters. The molecule has 0 bridgehead atoms. The van der Waals surface area contributed by atoms with E-state index in [9.17, 15) is 0 Å². The standard InChI is InChI=1S/C15H22N2/c1-2-6-14-12-17(11-13(14)5-1)10-8-15-7-3-4-9-16-15/h1-2,5-6,15-16H,3-4,7-12H2. The third-order valence-corrected chi connectivity index (χ3v) is 4.11. The van der Waals surface area contributed by atoms with Crippen LogP contribution in [0.1, 0.15) is 36.8 Å². The summed E-state index contributed by atoms with van der Waals surface area (Å²) in [5.41, 5.74) is 3.06. The van der Waals surface area contributed by atoms with E-state index in [1.165, 1.54) is 49.9 Å². The van der Waals surface area contributed by atoms with E-state index in [0.717, 1.165) is 19.1 Å². The van der Waals surface area contributed by atoms with Crippen LogP contribution in [0.4, 0.5) is 0 Å². The first-order chi connectivity index (χ1) is 8.42. The third-order valence-electron chi connectivity index (χ3n) is 4.11. The van der Waals surface area contributed by atoms with Crippen molar-refractivity contribution < 1.29 is 0 Å². The van der Waals surface area contributed by atoms with Crippen LogP contribution in [0, 0.1) is 0 Å². The fourth-order valence-electron chi connectivity index (χ4n) is 3.07. The van der Waals surface area contributed by atoms with Crippen molar-refractivity contribution in [2.45, 2.75) is 44.8 Å². The predicted octanol–water partition coefficient (Wildman–Crippen LogP) is 2.53. The Morgan fingerprint density at radius 3 is 2.53 bits per heavy atom. The molecular formula is C15H22N2. The van der Waals surface area contributed by atoms with Crippen molar-refractivity contribution in [3.8, 4) is 0 Å². The number of benzene rings is 1. The minimum absolute atomic E-state index is 0.771. The molecule has 0 amide bonds. The van der Waals surface area contributed by atoms with Crippen molar-refractivity contribution in [2.24, 2.45) is 0 Å². The van der Waals surface area contributed by atoms with Gasteiger partial charge in [0.1, 0.15) is 0 Å². The summed E-state index contributed by atoms with van der Waals surface area (Å²) in [6.07, 6.45) is 5.47. The van der Waals surface area contributed by atoms with Gasteiger partial charge in [-0.3, -0.25) is 4.90 Å². The number of hydrogen-bond acceptors (Lipinski definition) is 2. The zero-order chi connectivity index (χ0) is 11.5. The lowest BCUT2D eigenvalue weighted by atomic mass is 10.0. The predicted molar refractivity (Wildman–Crippen MR) is 70.8 cm³/mol. The number of hydrogen-bond donors (Lipinski definition) is 1. The molecule has 17 heavy (non-hydrogen) atoms. The van der Waals surface area contributed by atoms with Gasteiger partial charge in [0.05, 0.1) is 0 Å². The highest BCUT2D eigenvalue weighted by Crippen LogP contribution is 2.22. The summed E-state index contributed by atoms with van der Waals surface area (Å²) in [6.45, 7) is 4.78. The zero-order valence-corrected chi connectivity index (χ0v) is 10.5. The summed E-state index contributed by atoms with van der Waals surface area (Å²) in [7, 11) is 0. The van der Waals surface area contributed by atoms with Crippen molar-refractivity contribution in [1.29, 1.82) is 0 Å². The van der Waals surface area contributed by atoms with Gasteiger partial charge < -0.3 is 5.32 Å². The van der Waals surface area contributed by atoms with Crippen LogP contribution >= 0.6 is 0 Å². The van der Waals surface area contributed by atoms with E-state index in [4.69, 9.17) is 0 Å². The van der Waals surface area contributed by atoms with Gasteiger partial charge in [0, 0.05) is 25.7 Å². The number of fused-ring (bicyclic) bond motifs is 1. The second-order valence-electron chi connectivity index (χ2n) is 5.41. The Hall–Kier alpha value is -0.860. The summed E-state index contributed by atoms with van der Waals surface area (Å²) in [6, 6.07) is 9.63. The molecule has 1 fully saturated rings. The molecule has 3 rings (SSSR count). The lowest BCUT2D eigenvalue weighted by molar-refractivity contribution is 0.252. The van der Waals surface area contributed by atoms with Crippen molar-refractivity contribution in [3.63, 3.8) is 0 Å². The van der Waals surface area contributed by atoms with Crippen LogP contribution in [-0.4, -0.2) is 24.0 Å². The second-order valence-corrected chi connectivity index (χ2v) is 5.41. The molecule has 92 valence electrons. The Balaban J connectivity index is 1.48. The maximum Gasteiger partial charge on any atom is 0.0240 e. The molecule has 2 nitrogen and oxygen atoms in total. The van der Waals surface area contributed by atoms with Crippen LogP contribution in [-0.2, 0) is 13.1 Å². The molecule has 2 heterocycles. The first-order valence-electron chi connectivity index (χ1n) is 6.94. The van der Waals surface area contributed by atoms with Gasteiger partial charge in [-0.15, -0.1) is 0 Å². The second kappa shape index (κ2) is 5.19. The smallest absolute Gasteiger partial charge is 0.0240 e. The molecule has 0 radical (unpaired) electrons. The van der Waals surface area contributed by atoms with Gasteiger partial charge in [0.15, 0.2) is 0 Å². The molecule has 2 aliphatic rings. The van der Waals surface area contributed by atoms with Crippen LogP contribution in [0.15, 0.2) is 24.3 Å². The average molecular weight is 230 g/mol. The van der Waals surface area contributed by atoms with Crippen LogP contribution < -0.4 is 5.32 Å². The number of piperidine rings is 1. The van der Waals surface area contributed by atoms with Crippen LogP contribution in [0.3, 0.4) is 0 Å². The monoisotopic (exact) mass is 230 g/mol. The Bertz CT molecular complexity index is 344. The van der Waals surface area contributed by atoms with Crippen molar-refractivity contribution in [2.75, 3.05) is 13.1 Å². The molecule has 1 saturated heterocycles. The van der Waals surface area contributed by atoms with Gasteiger partial charge in [0.25, 0.3) is 0 Å². The molecule has 1 aromatic carbocycles. The molecule has 0 spiro atoms. The third kappa shape index (κ3) is 2.70. The Morgan fingerprint density at radius 2 is 1.88 bits per heavy atom. The fourth-order valence-corrected chi connectivity index (χ4v) is 3.07. The molecule has 0 aromatic heterocycles. The van der Waals surface area contributed by atoms with Crippen LogP contribution in [0.5, 0.6) is 0 Å². The minimum atomic E-state index is 0.771. The molecule has 1 unspecified atom stereocenters. The van der Waals surface area contributed by atoms with E-state index >= 15 is 0 Å². The first-order valence-corrected chi connectivity index (χ1v) is 6.94. The van der Waals surface area contributed by atoms with Crippen molar-refractivity contribution in [3.05, 3.63) is 35.4 Å². The topological polar surface area (TPSA) is 15.3 Å². The molecular weight excluding hydrogens is 208 g/mol. The Kier molecular flexibility index (Phi) is 3.44. The summed E-state index contributed by atoms with van der Waals surface area (Å²) >= 11 is 0. The lowest BCUT2D eigenvalue weighted by Gasteiger charge is -2.25. The van der Waals surface area contributed by atoms with Crippen LogP contribution in [0.25, 0.3) is 0 Å². The van der Waals surface area contributed by atoms with Crippen molar-refractivity contribution in [1.82, 2.24) is 10.2 Å². The van der Waals surface area contributed by atoms with E-state index in [2.05, 4.69) is 34.5 Å². The molecule has 2 aliphatic heterocycles. The maximum absolute atomic E-state index is 3.64. The summed E-state index contributed by atoms with van der Waals surface area (Å²) in [5.74, 6) is 0. The summed E-state index contributed by atoms with van der Waals surface area (Å²) in [4.78, 5) is 2.58. The van der Waals surface area contributed by atoms with Gasteiger partial charge in [-0.05, 0) is 36.9 Å². The summed E-state index contributed by atoms with van der Waals surface area (Å²) < 4.78 is 0. The average Bonchev–Trinajstić information content (AvgIpc) is 2.80. The van der Waals surface area contributed by atoms with Crippen molar-refractivity contribution >= 4 is 0 Å².